The fraction of sp³-hybridized carbons (Fsp3) is 0.400. The highest BCUT2D eigenvalue weighted by molar-refractivity contribution is 5.94. The Morgan fingerprint density at radius 3 is 2.87 bits per heavy atom. The first-order valence-electron chi connectivity index (χ1n) is 9.53. The predicted molar refractivity (Wildman–Crippen MR) is 101 cm³/mol. The minimum Gasteiger partial charge on any atom is -0.503 e. The zero-order chi connectivity index (χ0) is 21.6. The number of aromatic nitrogens is 1. The summed E-state index contributed by atoms with van der Waals surface area (Å²) < 4.78 is 33.9. The molecule has 2 aliphatic heterocycles. The van der Waals surface area contributed by atoms with Gasteiger partial charge in [0.1, 0.15) is 29.1 Å². The van der Waals surface area contributed by atoms with Crippen molar-refractivity contribution in [3.05, 3.63) is 63.1 Å². The number of nitrogens with one attached hydrogen (secondary N) is 1. The number of aliphatic hydroxyl groups is 1. The Bertz CT molecular complexity index is 1060. The lowest BCUT2D eigenvalue weighted by molar-refractivity contribution is -0.204. The molecule has 0 bridgehead atoms. The Balaban J connectivity index is 1.62. The topological polar surface area (TPSA) is 104 Å². The van der Waals surface area contributed by atoms with Gasteiger partial charge in [-0.25, -0.2) is 13.7 Å². The molecule has 1 fully saturated rings. The van der Waals surface area contributed by atoms with Crippen LogP contribution in [0.5, 0.6) is 5.75 Å². The van der Waals surface area contributed by atoms with Gasteiger partial charge in [-0.2, -0.15) is 0 Å². The van der Waals surface area contributed by atoms with E-state index in [0.717, 1.165) is 6.07 Å². The van der Waals surface area contributed by atoms with Gasteiger partial charge in [0.25, 0.3) is 5.91 Å². The van der Waals surface area contributed by atoms with Gasteiger partial charge in [0.05, 0.1) is 13.2 Å². The molecule has 2 aromatic rings. The van der Waals surface area contributed by atoms with Crippen LogP contribution in [-0.2, 0) is 17.8 Å². The van der Waals surface area contributed by atoms with Gasteiger partial charge < -0.3 is 24.8 Å². The van der Waals surface area contributed by atoms with Crippen molar-refractivity contribution < 1.29 is 28.5 Å². The summed E-state index contributed by atoms with van der Waals surface area (Å²) in [6, 6.07) is 2.92. The Hall–Kier alpha value is -2.82. The monoisotopic (exact) mass is 421 g/mol. The SMILES string of the molecule is CC1CCO[C@H]2Cn3cc(C(=O)NCc4ccc(F)cc4F)c(=O)c(O)c3C(O)N12. The summed E-state index contributed by atoms with van der Waals surface area (Å²) in [5, 5.41) is 23.6. The van der Waals surface area contributed by atoms with Crippen LogP contribution in [0.25, 0.3) is 0 Å². The van der Waals surface area contributed by atoms with Gasteiger partial charge >= 0.3 is 0 Å². The molecule has 10 heteroatoms. The highest BCUT2D eigenvalue weighted by atomic mass is 19.1. The summed E-state index contributed by atoms with van der Waals surface area (Å²) in [6.07, 6.45) is 0.204. The van der Waals surface area contributed by atoms with Crippen LogP contribution in [0.3, 0.4) is 0 Å². The van der Waals surface area contributed by atoms with E-state index in [9.17, 15) is 28.6 Å². The maximum Gasteiger partial charge on any atom is 0.257 e. The number of halogens is 2. The van der Waals surface area contributed by atoms with Crippen molar-refractivity contribution in [3.8, 4) is 5.75 Å². The molecule has 2 unspecified atom stereocenters. The van der Waals surface area contributed by atoms with Crippen molar-refractivity contribution in [2.75, 3.05) is 6.61 Å². The quantitative estimate of drug-likeness (QED) is 0.688. The molecule has 160 valence electrons. The van der Waals surface area contributed by atoms with Gasteiger partial charge in [-0.05, 0) is 19.4 Å². The van der Waals surface area contributed by atoms with Gasteiger partial charge in [-0.3, -0.25) is 9.59 Å². The number of hydrogen-bond donors (Lipinski definition) is 3. The molecule has 1 aromatic carbocycles. The molecule has 3 atom stereocenters. The summed E-state index contributed by atoms with van der Waals surface area (Å²) in [5.41, 5.74) is -1.26. The predicted octanol–water partition coefficient (Wildman–Crippen LogP) is 1.20. The van der Waals surface area contributed by atoms with Gasteiger partial charge in [0, 0.05) is 30.4 Å². The molecule has 30 heavy (non-hydrogen) atoms. The highest BCUT2D eigenvalue weighted by Crippen LogP contribution is 2.36. The van der Waals surface area contributed by atoms with Crippen LogP contribution in [-0.4, -0.2) is 44.5 Å². The van der Waals surface area contributed by atoms with E-state index in [4.69, 9.17) is 4.74 Å². The van der Waals surface area contributed by atoms with Crippen molar-refractivity contribution in [2.24, 2.45) is 0 Å². The van der Waals surface area contributed by atoms with Crippen molar-refractivity contribution in [2.45, 2.75) is 44.9 Å². The minimum absolute atomic E-state index is 0.00488. The van der Waals surface area contributed by atoms with Crippen LogP contribution in [0.2, 0.25) is 0 Å². The number of hydrogen-bond acceptors (Lipinski definition) is 6. The van der Waals surface area contributed by atoms with Gasteiger partial charge in [0.2, 0.25) is 5.43 Å². The molecule has 4 rings (SSSR count). The summed E-state index contributed by atoms with van der Waals surface area (Å²) >= 11 is 0. The van der Waals surface area contributed by atoms with E-state index in [0.29, 0.717) is 19.1 Å². The molecule has 0 saturated carbocycles. The van der Waals surface area contributed by atoms with Crippen molar-refractivity contribution >= 4 is 5.91 Å². The molecule has 1 saturated heterocycles. The van der Waals surface area contributed by atoms with Crippen LogP contribution in [0.4, 0.5) is 8.78 Å². The Morgan fingerprint density at radius 2 is 2.13 bits per heavy atom. The number of carbonyl (C=O) groups is 1. The Labute approximate surface area is 170 Å². The normalized spacial score (nSPS) is 23.5. The van der Waals surface area contributed by atoms with Gasteiger partial charge in [-0.15, -0.1) is 0 Å². The average Bonchev–Trinajstić information content (AvgIpc) is 2.69. The number of aliphatic hydroxyl groups excluding tert-OH is 1. The second kappa shape index (κ2) is 7.78. The van der Waals surface area contributed by atoms with Crippen LogP contribution in [0, 0.1) is 11.6 Å². The minimum atomic E-state index is -1.27. The van der Waals surface area contributed by atoms with Crippen LogP contribution in [0.1, 0.15) is 41.2 Å². The van der Waals surface area contributed by atoms with E-state index in [1.54, 1.807) is 4.90 Å². The zero-order valence-corrected chi connectivity index (χ0v) is 16.1. The third-order valence-electron chi connectivity index (χ3n) is 5.56. The second-order valence-corrected chi connectivity index (χ2v) is 7.46. The number of rotatable bonds is 3. The number of fused-ring (bicyclic) bond motifs is 2. The zero-order valence-electron chi connectivity index (χ0n) is 16.1. The molecule has 1 aromatic heterocycles. The number of ether oxygens (including phenoxy) is 1. The number of amides is 1. The van der Waals surface area contributed by atoms with E-state index in [2.05, 4.69) is 5.32 Å². The fourth-order valence-corrected chi connectivity index (χ4v) is 3.93. The van der Waals surface area contributed by atoms with Gasteiger partial charge in [0.15, 0.2) is 12.0 Å². The number of benzene rings is 1. The smallest absolute Gasteiger partial charge is 0.257 e. The van der Waals surface area contributed by atoms with Gasteiger partial charge in [-0.1, -0.05) is 6.07 Å². The summed E-state index contributed by atoms with van der Waals surface area (Å²) in [6.45, 7) is 2.36. The standard InChI is InChI=1S/C20H21F2N3O5/c1-10-4-5-30-15-9-24-8-13(17(26)18(27)16(24)20(29)25(10)15)19(28)23-7-11-2-3-12(21)6-14(11)22/h2-3,6,8,10,15,20,27,29H,4-5,7,9H2,1H3,(H,23,28)/t10?,15-,20?/m0/s1. The molecule has 0 radical (unpaired) electrons. The third kappa shape index (κ3) is 3.47. The van der Waals surface area contributed by atoms with Crippen LogP contribution < -0.4 is 10.7 Å². The molecule has 8 nitrogen and oxygen atoms in total. The maximum atomic E-state index is 13.8. The Kier molecular flexibility index (Phi) is 5.31. The van der Waals surface area contributed by atoms with E-state index in [1.165, 1.54) is 16.8 Å². The Morgan fingerprint density at radius 1 is 1.37 bits per heavy atom. The maximum absolute atomic E-state index is 13.8. The first-order valence-corrected chi connectivity index (χ1v) is 9.53. The largest absolute Gasteiger partial charge is 0.503 e. The van der Waals surface area contributed by atoms with Crippen molar-refractivity contribution in [1.29, 1.82) is 0 Å². The molecule has 0 aliphatic carbocycles. The van der Waals surface area contributed by atoms with Crippen molar-refractivity contribution in [3.63, 3.8) is 0 Å². The van der Waals surface area contributed by atoms with E-state index >= 15 is 0 Å². The van der Waals surface area contributed by atoms with E-state index < -0.39 is 41.2 Å². The molecular weight excluding hydrogens is 400 g/mol. The molecule has 3 N–H and O–H groups in total. The van der Waals surface area contributed by atoms with E-state index in [-0.39, 0.29) is 36.0 Å². The third-order valence-corrected chi connectivity index (χ3v) is 5.56. The number of pyridine rings is 1. The number of aromatic hydroxyl groups is 1. The lowest BCUT2D eigenvalue weighted by atomic mass is 10.1. The molecular formula is C20H21F2N3O5. The molecule has 0 spiro atoms. The summed E-state index contributed by atoms with van der Waals surface area (Å²) in [5.74, 6) is -3.12. The first-order chi connectivity index (χ1) is 14.3. The molecule has 3 heterocycles. The number of carbonyl (C=O) groups excluding carboxylic acids is 1. The van der Waals surface area contributed by atoms with Crippen LogP contribution in [0.15, 0.2) is 29.2 Å². The summed E-state index contributed by atoms with van der Waals surface area (Å²) in [4.78, 5) is 26.8. The van der Waals surface area contributed by atoms with Crippen molar-refractivity contribution in [1.82, 2.24) is 14.8 Å². The fourth-order valence-electron chi connectivity index (χ4n) is 3.93. The lowest BCUT2D eigenvalue weighted by Crippen LogP contribution is -2.55. The molecule has 2 aliphatic rings. The lowest BCUT2D eigenvalue weighted by Gasteiger charge is -2.47. The van der Waals surface area contributed by atoms with Crippen LogP contribution >= 0.6 is 0 Å². The first kappa shape index (κ1) is 20.5. The highest BCUT2D eigenvalue weighted by Gasteiger charge is 2.41. The summed E-state index contributed by atoms with van der Waals surface area (Å²) in [7, 11) is 0. The molecule has 1 amide bonds. The number of nitrogens with zero attached hydrogens (tertiary/aromatic N) is 2. The average molecular weight is 421 g/mol. The second-order valence-electron chi connectivity index (χ2n) is 7.46. The van der Waals surface area contributed by atoms with E-state index in [1.807, 2.05) is 6.92 Å².